The van der Waals surface area contributed by atoms with Crippen molar-refractivity contribution < 1.29 is 4.39 Å². The number of allylic oxidation sites excluding steroid dienone is 3. The SMILES string of the molecule is C=C1N/C(=C\CC)CCC1CCCCCC(C)c1ccc(F)c(CCC(C)C)c1. The molecular formula is C27H42FN. The standard InChI is InChI=1S/C27H42FN/c1-6-10-26-17-15-23(22(5)29-26)12-9-7-8-11-21(4)24-16-18-27(28)25(19-24)14-13-20(2)3/h10,16,18-21,23,29H,5-9,11-15,17H2,1-4H3/b26-10-. The van der Waals surface area contributed by atoms with Gasteiger partial charge in [0, 0.05) is 11.4 Å². The Bertz CT molecular complexity index is 673. The van der Waals surface area contributed by atoms with Gasteiger partial charge >= 0.3 is 0 Å². The van der Waals surface area contributed by atoms with E-state index in [4.69, 9.17) is 0 Å². The van der Waals surface area contributed by atoms with Crippen LogP contribution in [0.4, 0.5) is 4.39 Å². The summed E-state index contributed by atoms with van der Waals surface area (Å²) in [4.78, 5) is 0. The van der Waals surface area contributed by atoms with Crippen molar-refractivity contribution in [3.8, 4) is 0 Å². The molecule has 1 aromatic carbocycles. The van der Waals surface area contributed by atoms with Crippen LogP contribution in [0, 0.1) is 17.7 Å². The highest BCUT2D eigenvalue weighted by molar-refractivity contribution is 5.27. The molecule has 2 rings (SSSR count). The number of piperidine rings is 1. The molecule has 1 fully saturated rings. The molecule has 1 saturated heterocycles. The molecule has 0 spiro atoms. The average Bonchev–Trinajstić information content (AvgIpc) is 2.68. The van der Waals surface area contributed by atoms with E-state index in [1.807, 2.05) is 6.07 Å². The van der Waals surface area contributed by atoms with Gasteiger partial charge in [-0.2, -0.15) is 0 Å². The van der Waals surface area contributed by atoms with Gasteiger partial charge in [0.15, 0.2) is 0 Å². The Morgan fingerprint density at radius 2 is 1.97 bits per heavy atom. The molecule has 2 atom stereocenters. The number of hydrogen-bond donors (Lipinski definition) is 1. The summed E-state index contributed by atoms with van der Waals surface area (Å²) < 4.78 is 14.1. The van der Waals surface area contributed by atoms with Crippen LogP contribution in [0.15, 0.2) is 42.2 Å². The molecule has 0 amide bonds. The molecule has 1 N–H and O–H groups in total. The maximum absolute atomic E-state index is 14.1. The van der Waals surface area contributed by atoms with E-state index in [1.165, 1.54) is 55.5 Å². The topological polar surface area (TPSA) is 12.0 Å². The largest absolute Gasteiger partial charge is 0.363 e. The molecule has 1 nitrogen and oxygen atoms in total. The molecule has 0 bridgehead atoms. The molecule has 1 heterocycles. The van der Waals surface area contributed by atoms with Crippen molar-refractivity contribution in [3.05, 3.63) is 59.2 Å². The quantitative estimate of drug-likeness (QED) is 0.369. The summed E-state index contributed by atoms with van der Waals surface area (Å²) >= 11 is 0. The van der Waals surface area contributed by atoms with Crippen LogP contribution >= 0.6 is 0 Å². The van der Waals surface area contributed by atoms with Gasteiger partial charge in [0.05, 0.1) is 0 Å². The molecule has 1 aliphatic rings. The molecule has 162 valence electrons. The minimum Gasteiger partial charge on any atom is -0.363 e. The summed E-state index contributed by atoms with van der Waals surface area (Å²) in [5.41, 5.74) is 4.76. The van der Waals surface area contributed by atoms with E-state index >= 15 is 0 Å². The van der Waals surface area contributed by atoms with Crippen molar-refractivity contribution >= 4 is 0 Å². The lowest BCUT2D eigenvalue weighted by atomic mass is 9.88. The Labute approximate surface area is 178 Å². The van der Waals surface area contributed by atoms with Gasteiger partial charge in [0.25, 0.3) is 0 Å². The predicted molar refractivity (Wildman–Crippen MR) is 124 cm³/mol. The van der Waals surface area contributed by atoms with Crippen LogP contribution in [0.2, 0.25) is 0 Å². The van der Waals surface area contributed by atoms with E-state index in [0.717, 1.165) is 31.2 Å². The van der Waals surface area contributed by atoms with Gasteiger partial charge in [0.2, 0.25) is 0 Å². The summed E-state index contributed by atoms with van der Waals surface area (Å²) in [5.74, 6) is 1.70. The Morgan fingerprint density at radius 3 is 2.66 bits per heavy atom. The third kappa shape index (κ3) is 7.99. The van der Waals surface area contributed by atoms with Gasteiger partial charge in [0.1, 0.15) is 5.82 Å². The fourth-order valence-electron chi connectivity index (χ4n) is 4.31. The summed E-state index contributed by atoms with van der Waals surface area (Å²) in [7, 11) is 0. The van der Waals surface area contributed by atoms with Crippen LogP contribution in [-0.4, -0.2) is 0 Å². The highest BCUT2D eigenvalue weighted by Crippen LogP contribution is 2.30. The predicted octanol–water partition coefficient (Wildman–Crippen LogP) is 8.28. The second-order valence-corrected chi connectivity index (χ2v) is 9.35. The van der Waals surface area contributed by atoms with Crippen molar-refractivity contribution in [3.63, 3.8) is 0 Å². The lowest BCUT2D eigenvalue weighted by Gasteiger charge is -2.28. The minimum atomic E-state index is -0.0418. The first-order valence-corrected chi connectivity index (χ1v) is 11.8. The molecule has 29 heavy (non-hydrogen) atoms. The average molecular weight is 400 g/mol. The lowest BCUT2D eigenvalue weighted by Crippen LogP contribution is -2.25. The Morgan fingerprint density at radius 1 is 1.17 bits per heavy atom. The molecule has 2 heteroatoms. The molecule has 0 saturated carbocycles. The molecule has 0 aromatic heterocycles. The number of halogens is 1. The summed E-state index contributed by atoms with van der Waals surface area (Å²) in [6.07, 6.45) is 13.9. The smallest absolute Gasteiger partial charge is 0.126 e. The zero-order chi connectivity index (χ0) is 21.2. The van der Waals surface area contributed by atoms with E-state index in [1.54, 1.807) is 6.07 Å². The number of hydrogen-bond acceptors (Lipinski definition) is 1. The molecule has 2 unspecified atom stereocenters. The van der Waals surface area contributed by atoms with E-state index < -0.39 is 0 Å². The van der Waals surface area contributed by atoms with Crippen molar-refractivity contribution in [2.24, 2.45) is 11.8 Å². The number of rotatable bonds is 11. The Hall–Kier alpha value is -1.57. The maximum Gasteiger partial charge on any atom is 0.126 e. The second kappa shape index (κ2) is 12.2. The van der Waals surface area contributed by atoms with E-state index in [9.17, 15) is 4.39 Å². The number of unbranched alkanes of at least 4 members (excludes halogenated alkanes) is 2. The maximum atomic E-state index is 14.1. The van der Waals surface area contributed by atoms with Crippen LogP contribution in [-0.2, 0) is 6.42 Å². The van der Waals surface area contributed by atoms with Gasteiger partial charge in [-0.1, -0.05) is 71.7 Å². The summed E-state index contributed by atoms with van der Waals surface area (Å²) in [6.45, 7) is 13.1. The molecule has 1 aromatic rings. The van der Waals surface area contributed by atoms with Crippen molar-refractivity contribution in [1.82, 2.24) is 5.32 Å². The Balaban J connectivity index is 1.71. The molecule has 0 radical (unpaired) electrons. The highest BCUT2D eigenvalue weighted by Gasteiger charge is 2.19. The number of nitrogens with one attached hydrogen (secondary N) is 1. The fraction of sp³-hybridized carbons (Fsp3) is 0.630. The monoisotopic (exact) mass is 399 g/mol. The highest BCUT2D eigenvalue weighted by atomic mass is 19.1. The molecule has 1 aliphatic heterocycles. The van der Waals surface area contributed by atoms with E-state index in [0.29, 0.717) is 17.8 Å². The zero-order valence-electron chi connectivity index (χ0n) is 19.2. The van der Waals surface area contributed by atoms with Gasteiger partial charge < -0.3 is 5.32 Å². The van der Waals surface area contributed by atoms with Crippen LogP contribution in [0.1, 0.15) is 103 Å². The van der Waals surface area contributed by atoms with Crippen LogP contribution in [0.5, 0.6) is 0 Å². The minimum absolute atomic E-state index is 0.0418. The first kappa shape index (κ1) is 23.7. The van der Waals surface area contributed by atoms with Crippen molar-refractivity contribution in [2.45, 2.75) is 97.8 Å². The zero-order valence-corrected chi connectivity index (χ0v) is 19.2. The van der Waals surface area contributed by atoms with Crippen LogP contribution in [0.3, 0.4) is 0 Å². The van der Waals surface area contributed by atoms with E-state index in [2.05, 4.69) is 51.7 Å². The number of benzene rings is 1. The molecule has 0 aliphatic carbocycles. The third-order valence-corrected chi connectivity index (χ3v) is 6.35. The van der Waals surface area contributed by atoms with Gasteiger partial charge in [-0.25, -0.2) is 4.39 Å². The van der Waals surface area contributed by atoms with E-state index in [-0.39, 0.29) is 5.82 Å². The van der Waals surface area contributed by atoms with Crippen molar-refractivity contribution in [1.29, 1.82) is 0 Å². The molecular weight excluding hydrogens is 357 g/mol. The first-order chi connectivity index (χ1) is 13.9. The third-order valence-electron chi connectivity index (χ3n) is 6.35. The van der Waals surface area contributed by atoms with Crippen LogP contribution in [0.25, 0.3) is 0 Å². The Kier molecular flexibility index (Phi) is 9.97. The van der Waals surface area contributed by atoms with Crippen molar-refractivity contribution in [2.75, 3.05) is 0 Å². The second-order valence-electron chi connectivity index (χ2n) is 9.35. The fourth-order valence-corrected chi connectivity index (χ4v) is 4.31. The normalized spacial score (nSPS) is 19.6. The van der Waals surface area contributed by atoms with Gasteiger partial charge in [-0.15, -0.1) is 0 Å². The summed E-state index contributed by atoms with van der Waals surface area (Å²) in [6, 6.07) is 5.77. The van der Waals surface area contributed by atoms with Gasteiger partial charge in [-0.3, -0.25) is 0 Å². The van der Waals surface area contributed by atoms with Gasteiger partial charge in [-0.05, 0) is 79.9 Å². The first-order valence-electron chi connectivity index (χ1n) is 11.8. The lowest BCUT2D eigenvalue weighted by molar-refractivity contribution is 0.428. The van der Waals surface area contributed by atoms with Crippen LogP contribution < -0.4 is 5.32 Å². The summed E-state index contributed by atoms with van der Waals surface area (Å²) in [5, 5.41) is 3.51. The number of aryl methyl sites for hydroxylation is 1.